The highest BCUT2D eigenvalue weighted by atomic mass is 35.5. The summed E-state index contributed by atoms with van der Waals surface area (Å²) in [5.41, 5.74) is 2.15. The van der Waals surface area contributed by atoms with Crippen LogP contribution in [0.25, 0.3) is 0 Å². The second-order valence-corrected chi connectivity index (χ2v) is 7.35. The van der Waals surface area contributed by atoms with Crippen molar-refractivity contribution in [1.29, 1.82) is 0 Å². The average molecular weight is 392 g/mol. The summed E-state index contributed by atoms with van der Waals surface area (Å²) in [6.07, 6.45) is 0.461. The predicted octanol–water partition coefficient (Wildman–Crippen LogP) is 4.14. The van der Waals surface area contributed by atoms with Crippen LogP contribution in [0.15, 0.2) is 48.5 Å². The van der Waals surface area contributed by atoms with E-state index in [1.54, 1.807) is 18.2 Å². The van der Waals surface area contributed by atoms with E-state index >= 15 is 0 Å². The molecule has 1 aliphatic heterocycles. The molecule has 0 bridgehead atoms. The molecule has 1 amide bonds. The summed E-state index contributed by atoms with van der Waals surface area (Å²) in [5, 5.41) is 4.38. The second-order valence-electron chi connectivity index (χ2n) is 6.48. The van der Waals surface area contributed by atoms with Gasteiger partial charge in [0.05, 0.1) is 0 Å². The molecule has 1 N–H and O–H groups in total. The number of piperazine rings is 1. The molecule has 0 aliphatic carbocycles. The minimum atomic E-state index is 0.185. The van der Waals surface area contributed by atoms with Gasteiger partial charge in [0, 0.05) is 61.4 Å². The largest absolute Gasteiger partial charge is 0.384 e. The van der Waals surface area contributed by atoms with Crippen LogP contribution in [0.5, 0.6) is 0 Å². The number of halogens is 2. The zero-order chi connectivity index (χ0) is 18.4. The first-order valence-corrected chi connectivity index (χ1v) is 9.60. The molecule has 2 aromatic rings. The van der Waals surface area contributed by atoms with Crippen molar-refractivity contribution < 1.29 is 4.79 Å². The zero-order valence-electron chi connectivity index (χ0n) is 14.6. The maximum atomic E-state index is 12.4. The lowest BCUT2D eigenvalue weighted by Crippen LogP contribution is -2.48. The van der Waals surface area contributed by atoms with Gasteiger partial charge in [0.25, 0.3) is 0 Å². The van der Waals surface area contributed by atoms with Crippen LogP contribution >= 0.6 is 23.2 Å². The summed E-state index contributed by atoms with van der Waals surface area (Å²) in [5.74, 6) is 0.185. The molecule has 1 aliphatic rings. The smallest absolute Gasteiger partial charge is 0.224 e. The van der Waals surface area contributed by atoms with Gasteiger partial charge in [0.2, 0.25) is 5.91 Å². The molecule has 26 heavy (non-hydrogen) atoms. The van der Waals surface area contributed by atoms with Crippen molar-refractivity contribution in [2.45, 2.75) is 13.0 Å². The first-order valence-electron chi connectivity index (χ1n) is 8.84. The molecule has 0 atom stereocenters. The number of nitrogens with zero attached hydrogens (tertiary/aromatic N) is 2. The van der Waals surface area contributed by atoms with Gasteiger partial charge in [-0.3, -0.25) is 9.69 Å². The summed E-state index contributed by atoms with van der Waals surface area (Å²) in [7, 11) is 0. The Morgan fingerprint density at radius 2 is 1.62 bits per heavy atom. The monoisotopic (exact) mass is 391 g/mol. The van der Waals surface area contributed by atoms with Gasteiger partial charge in [0.1, 0.15) is 0 Å². The predicted molar refractivity (Wildman–Crippen MR) is 108 cm³/mol. The normalized spacial score (nSPS) is 15.1. The molecule has 0 radical (unpaired) electrons. The third kappa shape index (κ3) is 5.63. The molecule has 1 fully saturated rings. The van der Waals surface area contributed by atoms with Crippen LogP contribution in [0.4, 0.5) is 5.69 Å². The van der Waals surface area contributed by atoms with Crippen LogP contribution in [0.1, 0.15) is 12.0 Å². The number of rotatable bonds is 6. The van der Waals surface area contributed by atoms with Crippen molar-refractivity contribution in [3.8, 4) is 0 Å². The number of hydrogen-bond acceptors (Lipinski definition) is 3. The maximum Gasteiger partial charge on any atom is 0.224 e. The van der Waals surface area contributed by atoms with Gasteiger partial charge in [-0.2, -0.15) is 0 Å². The molecule has 0 saturated carbocycles. The maximum absolute atomic E-state index is 12.4. The van der Waals surface area contributed by atoms with Crippen LogP contribution in [0.3, 0.4) is 0 Å². The fourth-order valence-corrected chi connectivity index (χ4v) is 3.65. The van der Waals surface area contributed by atoms with Crippen LogP contribution in [0.2, 0.25) is 10.0 Å². The Bertz CT molecular complexity index is 711. The molecule has 0 aromatic heterocycles. The van der Waals surface area contributed by atoms with Crippen molar-refractivity contribution in [2.75, 3.05) is 38.0 Å². The van der Waals surface area contributed by atoms with E-state index in [1.165, 1.54) is 5.56 Å². The minimum Gasteiger partial charge on any atom is -0.384 e. The van der Waals surface area contributed by atoms with Gasteiger partial charge in [-0.1, -0.05) is 53.5 Å². The number of carbonyl (C=O) groups is 1. The highest BCUT2D eigenvalue weighted by molar-refractivity contribution is 6.35. The molecular formula is C20H23Cl2N3O. The van der Waals surface area contributed by atoms with Gasteiger partial charge in [0.15, 0.2) is 0 Å². The first kappa shape index (κ1) is 19.0. The molecule has 0 unspecified atom stereocenters. The van der Waals surface area contributed by atoms with E-state index in [0.29, 0.717) is 23.0 Å². The molecule has 1 heterocycles. The van der Waals surface area contributed by atoms with Gasteiger partial charge in [-0.05, 0) is 23.8 Å². The number of hydrogen-bond donors (Lipinski definition) is 1. The van der Waals surface area contributed by atoms with Crippen LogP contribution in [-0.4, -0.2) is 48.4 Å². The lowest BCUT2D eigenvalue weighted by atomic mass is 10.2. The fraction of sp³-hybridized carbons (Fsp3) is 0.350. The van der Waals surface area contributed by atoms with E-state index in [0.717, 1.165) is 38.4 Å². The third-order valence-electron chi connectivity index (χ3n) is 4.50. The lowest BCUT2D eigenvalue weighted by Gasteiger charge is -2.34. The zero-order valence-corrected chi connectivity index (χ0v) is 16.1. The molecule has 1 saturated heterocycles. The Balaban J connectivity index is 1.39. The number of amides is 1. The molecule has 2 aromatic carbocycles. The van der Waals surface area contributed by atoms with Gasteiger partial charge in [-0.25, -0.2) is 0 Å². The SMILES string of the molecule is O=C(CCNc1cc(Cl)cc(Cl)c1)N1CCN(Cc2ccccc2)CC1. The van der Waals surface area contributed by atoms with E-state index in [4.69, 9.17) is 23.2 Å². The van der Waals surface area contributed by atoms with E-state index in [1.807, 2.05) is 11.0 Å². The summed E-state index contributed by atoms with van der Waals surface area (Å²) in [6.45, 7) is 4.92. The van der Waals surface area contributed by atoms with Crippen LogP contribution in [-0.2, 0) is 11.3 Å². The van der Waals surface area contributed by atoms with E-state index < -0.39 is 0 Å². The van der Waals surface area contributed by atoms with Gasteiger partial charge in [-0.15, -0.1) is 0 Å². The van der Waals surface area contributed by atoms with Crippen molar-refractivity contribution >= 4 is 34.8 Å². The fourth-order valence-electron chi connectivity index (χ4n) is 3.12. The highest BCUT2D eigenvalue weighted by Gasteiger charge is 2.20. The standard InChI is InChI=1S/C20H23Cl2N3O/c21-17-12-18(22)14-19(13-17)23-7-6-20(26)25-10-8-24(9-11-25)15-16-4-2-1-3-5-16/h1-5,12-14,23H,6-11,15H2. The van der Waals surface area contributed by atoms with Crippen molar-refractivity contribution in [3.05, 3.63) is 64.1 Å². The molecule has 4 nitrogen and oxygen atoms in total. The van der Waals surface area contributed by atoms with Crippen molar-refractivity contribution in [3.63, 3.8) is 0 Å². The quantitative estimate of drug-likeness (QED) is 0.803. The van der Waals surface area contributed by atoms with E-state index in [2.05, 4.69) is 34.5 Å². The van der Waals surface area contributed by atoms with Gasteiger partial charge >= 0.3 is 0 Å². The lowest BCUT2D eigenvalue weighted by molar-refractivity contribution is -0.132. The number of nitrogens with one attached hydrogen (secondary N) is 1. The van der Waals surface area contributed by atoms with Crippen molar-refractivity contribution in [2.24, 2.45) is 0 Å². The number of carbonyl (C=O) groups excluding carboxylic acids is 1. The Kier molecular flexibility index (Phi) is 6.78. The highest BCUT2D eigenvalue weighted by Crippen LogP contribution is 2.22. The number of anilines is 1. The average Bonchev–Trinajstić information content (AvgIpc) is 2.62. The van der Waals surface area contributed by atoms with E-state index in [-0.39, 0.29) is 5.91 Å². The Labute approximate surface area is 164 Å². The second kappa shape index (κ2) is 9.26. The summed E-state index contributed by atoms with van der Waals surface area (Å²) in [4.78, 5) is 16.7. The third-order valence-corrected chi connectivity index (χ3v) is 4.94. The number of benzene rings is 2. The summed E-state index contributed by atoms with van der Waals surface area (Å²) < 4.78 is 0. The molecule has 0 spiro atoms. The Hall–Kier alpha value is -1.75. The molecule has 138 valence electrons. The van der Waals surface area contributed by atoms with Crippen LogP contribution in [0, 0.1) is 0 Å². The minimum absolute atomic E-state index is 0.185. The summed E-state index contributed by atoms with van der Waals surface area (Å²) in [6, 6.07) is 15.8. The summed E-state index contributed by atoms with van der Waals surface area (Å²) >= 11 is 12.0. The Morgan fingerprint density at radius 3 is 2.27 bits per heavy atom. The molecular weight excluding hydrogens is 369 g/mol. The van der Waals surface area contributed by atoms with Crippen LogP contribution < -0.4 is 5.32 Å². The Morgan fingerprint density at radius 1 is 0.962 bits per heavy atom. The topological polar surface area (TPSA) is 35.6 Å². The van der Waals surface area contributed by atoms with E-state index in [9.17, 15) is 4.79 Å². The first-order chi connectivity index (χ1) is 12.6. The van der Waals surface area contributed by atoms with Gasteiger partial charge < -0.3 is 10.2 Å². The molecule has 6 heteroatoms. The van der Waals surface area contributed by atoms with Crippen molar-refractivity contribution in [1.82, 2.24) is 9.80 Å². The molecule has 3 rings (SSSR count).